The van der Waals surface area contributed by atoms with Crippen molar-refractivity contribution in [3.05, 3.63) is 172 Å². The maximum atomic E-state index is 7.30. The van der Waals surface area contributed by atoms with Crippen molar-refractivity contribution < 1.29 is 14.0 Å². The summed E-state index contributed by atoms with van der Waals surface area (Å²) in [6.07, 6.45) is 0. The molecular formula is C73H78BN4O2+. The zero-order valence-corrected chi connectivity index (χ0v) is 50.5. The van der Waals surface area contributed by atoms with E-state index in [0.29, 0.717) is 11.8 Å². The smallest absolute Gasteiger partial charge is 0.295 e. The summed E-state index contributed by atoms with van der Waals surface area (Å²) in [4.78, 5) is 5.12. The molecule has 4 aliphatic heterocycles. The maximum absolute atomic E-state index is 7.30. The molecule has 5 heterocycles. The number of hydrogen-bond acceptors (Lipinski definition) is 4. The molecule has 0 saturated carbocycles. The number of rotatable bonds is 5. The van der Waals surface area contributed by atoms with Gasteiger partial charge in [0.2, 0.25) is 0 Å². The van der Waals surface area contributed by atoms with Crippen LogP contribution in [0.5, 0.6) is 23.0 Å². The lowest BCUT2D eigenvalue weighted by atomic mass is 9.33. The second kappa shape index (κ2) is 17.5. The van der Waals surface area contributed by atoms with Crippen molar-refractivity contribution in [2.24, 2.45) is 7.05 Å². The van der Waals surface area contributed by atoms with Crippen molar-refractivity contribution in [2.45, 2.75) is 151 Å². The normalized spacial score (nSPS) is 14.2. The van der Waals surface area contributed by atoms with Crippen LogP contribution in [0.3, 0.4) is 0 Å². The fourth-order valence-electron chi connectivity index (χ4n) is 13.3. The number of para-hydroxylation sites is 3. The fourth-order valence-corrected chi connectivity index (χ4v) is 13.3. The van der Waals surface area contributed by atoms with Crippen molar-refractivity contribution in [3.63, 3.8) is 0 Å². The van der Waals surface area contributed by atoms with Crippen LogP contribution < -0.4 is 40.2 Å². The first-order valence-electron chi connectivity index (χ1n) is 29.2. The lowest BCUT2D eigenvalue weighted by molar-refractivity contribution is -0.633. The Balaban J connectivity index is 1.11. The average molecular weight is 1050 g/mol. The van der Waals surface area contributed by atoms with Gasteiger partial charge in [0.05, 0.1) is 35.4 Å². The van der Waals surface area contributed by atoms with Gasteiger partial charge in [0.1, 0.15) is 5.69 Å². The summed E-state index contributed by atoms with van der Waals surface area (Å²) in [5.41, 5.74) is 26.1. The minimum absolute atomic E-state index is 0.0735. The molecule has 6 nitrogen and oxygen atoms in total. The lowest BCUT2D eigenvalue weighted by Gasteiger charge is -2.48. The minimum atomic E-state index is -0.148. The molecule has 8 aromatic carbocycles. The van der Waals surface area contributed by atoms with Crippen molar-refractivity contribution in [1.29, 1.82) is 0 Å². The van der Waals surface area contributed by atoms with Crippen molar-refractivity contribution in [1.82, 2.24) is 4.57 Å². The van der Waals surface area contributed by atoms with Gasteiger partial charge in [-0.3, -0.25) is 0 Å². The quantitative estimate of drug-likeness (QED) is 0.127. The Morgan fingerprint density at radius 1 is 0.450 bits per heavy atom. The van der Waals surface area contributed by atoms with Gasteiger partial charge in [-0.05, 0) is 162 Å². The second-order valence-electron chi connectivity index (χ2n) is 28.3. The molecule has 0 aliphatic carbocycles. The topological polar surface area (TPSA) is 33.8 Å². The van der Waals surface area contributed by atoms with Crippen LogP contribution in [0.25, 0.3) is 39.2 Å². The van der Waals surface area contributed by atoms with Crippen LogP contribution in [0.15, 0.2) is 133 Å². The highest BCUT2D eigenvalue weighted by atomic mass is 16.5. The van der Waals surface area contributed by atoms with Gasteiger partial charge in [-0.25, -0.2) is 4.57 Å². The summed E-state index contributed by atoms with van der Waals surface area (Å²) in [6.45, 7) is 39.1. The van der Waals surface area contributed by atoms with E-state index in [1.165, 1.54) is 94.8 Å². The molecule has 0 spiro atoms. The van der Waals surface area contributed by atoms with E-state index in [1.54, 1.807) is 0 Å². The summed E-state index contributed by atoms with van der Waals surface area (Å²) in [6, 6.07) is 51.4. The Morgan fingerprint density at radius 3 is 1.39 bits per heavy atom. The molecule has 0 atom stereocenters. The Hall–Kier alpha value is -7.51. The van der Waals surface area contributed by atoms with Crippen LogP contribution in [0, 0.1) is 6.92 Å². The predicted octanol–water partition coefficient (Wildman–Crippen LogP) is 17.8. The largest absolute Gasteiger partial charge is 0.453 e. The van der Waals surface area contributed by atoms with Gasteiger partial charge in [0.15, 0.2) is 34.0 Å². The van der Waals surface area contributed by atoms with Crippen LogP contribution in [0.2, 0.25) is 0 Å². The predicted molar refractivity (Wildman–Crippen MR) is 337 cm³/mol. The second-order valence-corrected chi connectivity index (χ2v) is 28.3. The summed E-state index contributed by atoms with van der Waals surface area (Å²) >= 11 is 0. The number of hydrogen-bond donors (Lipinski definition) is 0. The van der Waals surface area contributed by atoms with E-state index >= 15 is 0 Å². The molecule has 0 amide bonds. The summed E-state index contributed by atoms with van der Waals surface area (Å²) in [5, 5.41) is 0. The fraction of sp³-hybridized carbons (Fsp3) is 0.329. The molecule has 9 aromatic rings. The van der Waals surface area contributed by atoms with Crippen molar-refractivity contribution in [2.75, 3.05) is 9.80 Å². The molecule has 0 unspecified atom stereocenters. The van der Waals surface area contributed by atoms with E-state index in [2.05, 4.69) is 277 Å². The van der Waals surface area contributed by atoms with Gasteiger partial charge >= 0.3 is 0 Å². The van der Waals surface area contributed by atoms with E-state index in [1.807, 2.05) is 0 Å². The molecule has 404 valence electrons. The van der Waals surface area contributed by atoms with E-state index in [-0.39, 0.29) is 28.4 Å². The number of anilines is 6. The first kappa shape index (κ1) is 51.9. The van der Waals surface area contributed by atoms with Gasteiger partial charge in [-0.1, -0.05) is 178 Å². The maximum Gasteiger partial charge on any atom is 0.295 e. The highest BCUT2D eigenvalue weighted by molar-refractivity contribution is 7.00. The third-order valence-electron chi connectivity index (χ3n) is 17.9. The van der Waals surface area contributed by atoms with E-state index in [4.69, 9.17) is 9.47 Å². The molecule has 0 bridgehead atoms. The number of benzene rings is 8. The van der Waals surface area contributed by atoms with Crippen LogP contribution in [-0.4, -0.2) is 11.3 Å². The Kier molecular flexibility index (Phi) is 11.4. The molecule has 0 saturated heterocycles. The molecule has 13 rings (SSSR count). The van der Waals surface area contributed by atoms with Crippen molar-refractivity contribution in [3.8, 4) is 51.2 Å². The molecule has 80 heavy (non-hydrogen) atoms. The third-order valence-corrected chi connectivity index (χ3v) is 17.9. The van der Waals surface area contributed by atoms with Gasteiger partial charge in [0, 0.05) is 22.5 Å². The van der Waals surface area contributed by atoms with Crippen LogP contribution in [-0.2, 0) is 28.7 Å². The number of ether oxygens (including phenoxy) is 2. The van der Waals surface area contributed by atoms with E-state index in [9.17, 15) is 0 Å². The van der Waals surface area contributed by atoms with Crippen LogP contribution in [0.1, 0.15) is 162 Å². The third kappa shape index (κ3) is 7.83. The zero-order valence-electron chi connectivity index (χ0n) is 50.5. The lowest BCUT2D eigenvalue weighted by Crippen LogP contribution is -2.62. The Bertz CT molecular complexity index is 3920. The van der Waals surface area contributed by atoms with E-state index < -0.39 is 0 Å². The molecule has 7 heteroatoms. The minimum Gasteiger partial charge on any atom is -0.453 e. The molecule has 0 N–H and O–H groups in total. The van der Waals surface area contributed by atoms with Crippen LogP contribution in [0.4, 0.5) is 34.1 Å². The van der Waals surface area contributed by atoms with Gasteiger partial charge in [-0.2, -0.15) is 4.57 Å². The highest BCUT2D eigenvalue weighted by Crippen LogP contribution is 2.58. The number of nitrogens with zero attached hydrogens (tertiary/aromatic N) is 4. The SMILES string of the molecule is Cc1cc(-c2cc3c4c(c2)N2c5ccc(C(C)(C)C)cc5Oc5cc(C(C)(C)C)cc(c52)B4c2cc(C(C)(C)C)cc4c2N3c2ccc(C(C)(C)C)cc2O4)ccc1-c1n(-c2c(C(C)C)cccc2C(C)C)c2ccccc2[n+]1C. The summed E-state index contributed by atoms with van der Waals surface area (Å²) < 4.78 is 19.6. The number of fused-ring (bicyclic) bond motifs is 9. The molecule has 0 fully saturated rings. The first-order valence-corrected chi connectivity index (χ1v) is 29.2. The summed E-state index contributed by atoms with van der Waals surface area (Å²) in [7, 11) is 2.24. The molecule has 0 radical (unpaired) electrons. The summed E-state index contributed by atoms with van der Waals surface area (Å²) in [5.74, 6) is 5.38. The van der Waals surface area contributed by atoms with Gasteiger partial charge in [-0.15, -0.1) is 0 Å². The molecule has 1 aromatic heterocycles. The van der Waals surface area contributed by atoms with Crippen molar-refractivity contribution >= 4 is 68.3 Å². The van der Waals surface area contributed by atoms with Crippen LogP contribution >= 0.6 is 0 Å². The zero-order chi connectivity index (χ0) is 56.6. The number of imidazole rings is 1. The Labute approximate surface area is 476 Å². The number of aromatic nitrogens is 2. The van der Waals surface area contributed by atoms with Gasteiger partial charge in [0.25, 0.3) is 12.5 Å². The number of aryl methyl sites for hydroxylation is 2. The Morgan fingerprint density at radius 2 is 0.925 bits per heavy atom. The molecular weight excluding hydrogens is 976 g/mol. The standard InChI is InChI=1S/C73H78BN4O2/c1-41(2)50-22-21-23-51(42(3)4)66(50)78-56-25-20-19-24-55(56)75(18)69(78)52-29-26-44(32-43(52)5)45-33-59-65-60(34-45)77-58-31-28-47(71(9,10)11)38-62(58)80-64-40-49(73(15,16)17)36-54(68(64)77)74(65)53-35-48(72(12,13)14)39-63-67(53)76(59)57-30-27-46(70(6,7)8)37-61(57)79-63/h19-42H,1-18H3/q+1. The molecule has 4 aliphatic rings. The average Bonchev–Trinajstić information content (AvgIpc) is 1.20. The monoisotopic (exact) mass is 1050 g/mol. The first-order chi connectivity index (χ1) is 37.7. The van der Waals surface area contributed by atoms with Gasteiger partial charge < -0.3 is 19.3 Å². The van der Waals surface area contributed by atoms with E-state index in [0.717, 1.165) is 56.9 Å². The highest BCUT2D eigenvalue weighted by Gasteiger charge is 2.50.